The standard InChI is InChI=1S/C15H10NS/c1-2-5-12(6-3-1)14-11-13(8-9-16-14)15-7-4-10-17-15/h1-8,10-11H. The first-order valence-electron chi connectivity index (χ1n) is 5.41. The first-order valence-corrected chi connectivity index (χ1v) is 6.29. The molecule has 2 aromatic heterocycles. The van der Waals surface area contributed by atoms with Crippen molar-refractivity contribution in [3.05, 3.63) is 66.2 Å². The Morgan fingerprint density at radius 3 is 2.59 bits per heavy atom. The highest BCUT2D eigenvalue weighted by molar-refractivity contribution is 7.13. The second-order valence-corrected chi connectivity index (χ2v) is 4.66. The number of nitrogens with zero attached hydrogens (tertiary/aromatic N) is 1. The van der Waals surface area contributed by atoms with Crippen LogP contribution >= 0.6 is 11.3 Å². The third-order valence-corrected chi connectivity index (χ3v) is 3.49. The highest BCUT2D eigenvalue weighted by Gasteiger charge is 2.02. The molecule has 0 spiro atoms. The van der Waals surface area contributed by atoms with E-state index in [0.717, 1.165) is 11.3 Å². The van der Waals surface area contributed by atoms with Crippen LogP contribution in [0.4, 0.5) is 0 Å². The van der Waals surface area contributed by atoms with Gasteiger partial charge in [0.25, 0.3) is 0 Å². The Labute approximate surface area is 104 Å². The van der Waals surface area contributed by atoms with Crippen molar-refractivity contribution < 1.29 is 0 Å². The molecule has 0 saturated heterocycles. The molecule has 1 radical (unpaired) electrons. The van der Waals surface area contributed by atoms with E-state index in [-0.39, 0.29) is 0 Å². The van der Waals surface area contributed by atoms with Crippen LogP contribution in [-0.4, -0.2) is 4.98 Å². The predicted octanol–water partition coefficient (Wildman–Crippen LogP) is 4.28. The average Bonchev–Trinajstić information content (AvgIpc) is 2.94. The molecule has 2 heterocycles. The van der Waals surface area contributed by atoms with Crippen molar-refractivity contribution in [2.45, 2.75) is 0 Å². The fourth-order valence-corrected chi connectivity index (χ4v) is 2.45. The maximum atomic E-state index is 4.30. The zero-order valence-electron chi connectivity index (χ0n) is 9.13. The Kier molecular flexibility index (Phi) is 2.72. The van der Waals surface area contributed by atoms with Gasteiger partial charge >= 0.3 is 0 Å². The normalized spacial score (nSPS) is 10.4. The monoisotopic (exact) mass is 236 g/mol. The minimum atomic E-state index is 0.969. The van der Waals surface area contributed by atoms with E-state index in [0.29, 0.717) is 0 Å². The van der Waals surface area contributed by atoms with Crippen LogP contribution in [0.5, 0.6) is 0 Å². The lowest BCUT2D eigenvalue weighted by Gasteiger charge is -2.02. The molecule has 0 fully saturated rings. The minimum absolute atomic E-state index is 0.969. The van der Waals surface area contributed by atoms with Crippen molar-refractivity contribution in [1.82, 2.24) is 4.98 Å². The van der Waals surface area contributed by atoms with Gasteiger partial charge in [-0.25, -0.2) is 4.98 Å². The van der Waals surface area contributed by atoms with E-state index in [1.165, 1.54) is 10.4 Å². The summed E-state index contributed by atoms with van der Waals surface area (Å²) in [5, 5.41) is 2.08. The van der Waals surface area contributed by atoms with Crippen molar-refractivity contribution in [2.24, 2.45) is 0 Å². The summed E-state index contributed by atoms with van der Waals surface area (Å²) in [6.45, 7) is 0. The molecule has 0 saturated carbocycles. The molecule has 0 aliphatic heterocycles. The van der Waals surface area contributed by atoms with Gasteiger partial charge in [-0.15, -0.1) is 11.3 Å². The lowest BCUT2D eigenvalue weighted by Crippen LogP contribution is -1.83. The average molecular weight is 236 g/mol. The first-order chi connectivity index (χ1) is 8.43. The van der Waals surface area contributed by atoms with Gasteiger partial charge in [-0.2, -0.15) is 0 Å². The SMILES string of the molecule is [c]1cc(-c2cccs2)cc(-c2ccccc2)n1. The molecule has 0 amide bonds. The Balaban J connectivity index is 2.06. The molecular formula is C15H10NS. The quantitative estimate of drug-likeness (QED) is 0.647. The Hall–Kier alpha value is -1.93. The smallest absolute Gasteiger partial charge is 0.0900 e. The molecule has 0 aliphatic carbocycles. The third kappa shape index (κ3) is 2.12. The number of hydrogen-bond donors (Lipinski definition) is 0. The Bertz CT molecular complexity index is 600. The number of aromatic nitrogens is 1. The van der Waals surface area contributed by atoms with Gasteiger partial charge in [-0.05, 0) is 29.1 Å². The molecule has 1 aromatic carbocycles. The summed E-state index contributed by atoms with van der Waals surface area (Å²) in [7, 11) is 0. The van der Waals surface area contributed by atoms with Crippen molar-refractivity contribution in [2.75, 3.05) is 0 Å². The number of pyridine rings is 1. The summed E-state index contributed by atoms with van der Waals surface area (Å²) in [6.07, 6.45) is 2.97. The number of rotatable bonds is 2. The van der Waals surface area contributed by atoms with Crippen LogP contribution in [0.2, 0.25) is 0 Å². The van der Waals surface area contributed by atoms with E-state index in [4.69, 9.17) is 0 Å². The van der Waals surface area contributed by atoms with Crippen molar-refractivity contribution in [3.8, 4) is 21.7 Å². The summed E-state index contributed by atoms with van der Waals surface area (Å²) in [5.41, 5.74) is 3.27. The molecule has 0 atom stereocenters. The highest BCUT2D eigenvalue weighted by Crippen LogP contribution is 2.27. The van der Waals surface area contributed by atoms with E-state index in [1.54, 1.807) is 11.3 Å². The summed E-state index contributed by atoms with van der Waals surface area (Å²) in [6, 6.07) is 18.4. The fourth-order valence-electron chi connectivity index (χ4n) is 1.73. The van der Waals surface area contributed by atoms with Crippen LogP contribution in [0.25, 0.3) is 21.7 Å². The largest absolute Gasteiger partial charge is 0.246 e. The lowest BCUT2D eigenvalue weighted by atomic mass is 10.1. The maximum absolute atomic E-state index is 4.30. The van der Waals surface area contributed by atoms with Gasteiger partial charge in [0.1, 0.15) is 0 Å². The third-order valence-electron chi connectivity index (χ3n) is 2.57. The van der Waals surface area contributed by atoms with E-state index < -0.39 is 0 Å². The zero-order chi connectivity index (χ0) is 11.5. The van der Waals surface area contributed by atoms with Crippen molar-refractivity contribution in [3.63, 3.8) is 0 Å². The molecule has 2 heteroatoms. The van der Waals surface area contributed by atoms with Crippen LogP contribution in [0.15, 0.2) is 60.0 Å². The molecular weight excluding hydrogens is 226 g/mol. The van der Waals surface area contributed by atoms with Crippen LogP contribution in [0, 0.1) is 6.20 Å². The minimum Gasteiger partial charge on any atom is -0.246 e. The summed E-state index contributed by atoms with van der Waals surface area (Å²) in [4.78, 5) is 5.55. The van der Waals surface area contributed by atoms with Gasteiger partial charge in [-0.1, -0.05) is 36.4 Å². The lowest BCUT2D eigenvalue weighted by molar-refractivity contribution is 1.31. The van der Waals surface area contributed by atoms with Gasteiger partial charge in [0.2, 0.25) is 0 Å². The molecule has 0 aliphatic rings. The highest BCUT2D eigenvalue weighted by atomic mass is 32.1. The van der Waals surface area contributed by atoms with Gasteiger partial charge in [-0.3, -0.25) is 0 Å². The second kappa shape index (κ2) is 4.52. The van der Waals surface area contributed by atoms with E-state index in [9.17, 15) is 0 Å². The molecule has 3 rings (SSSR count). The fraction of sp³-hybridized carbons (Fsp3) is 0. The van der Waals surface area contributed by atoms with Gasteiger partial charge in [0.15, 0.2) is 0 Å². The summed E-state index contributed by atoms with van der Waals surface area (Å²) >= 11 is 1.73. The number of benzene rings is 1. The van der Waals surface area contributed by atoms with Crippen LogP contribution in [-0.2, 0) is 0 Å². The van der Waals surface area contributed by atoms with E-state index in [1.807, 2.05) is 24.3 Å². The molecule has 0 bridgehead atoms. The number of thiophene rings is 1. The number of hydrogen-bond acceptors (Lipinski definition) is 2. The van der Waals surface area contributed by atoms with Gasteiger partial charge in [0, 0.05) is 10.4 Å². The Morgan fingerprint density at radius 1 is 0.941 bits per heavy atom. The van der Waals surface area contributed by atoms with Crippen LogP contribution < -0.4 is 0 Å². The molecule has 3 aromatic rings. The van der Waals surface area contributed by atoms with Crippen molar-refractivity contribution in [1.29, 1.82) is 0 Å². The Morgan fingerprint density at radius 2 is 1.82 bits per heavy atom. The predicted molar refractivity (Wildman–Crippen MR) is 71.8 cm³/mol. The zero-order valence-corrected chi connectivity index (χ0v) is 9.95. The van der Waals surface area contributed by atoms with Crippen molar-refractivity contribution >= 4 is 11.3 Å². The van der Waals surface area contributed by atoms with Gasteiger partial charge in [0.05, 0.1) is 11.9 Å². The van der Waals surface area contributed by atoms with Gasteiger partial charge < -0.3 is 0 Å². The molecule has 0 unspecified atom stereocenters. The molecule has 17 heavy (non-hydrogen) atoms. The summed E-state index contributed by atoms with van der Waals surface area (Å²) < 4.78 is 0. The van der Waals surface area contributed by atoms with Crippen LogP contribution in [0.3, 0.4) is 0 Å². The molecule has 1 nitrogen and oxygen atoms in total. The van der Waals surface area contributed by atoms with Crippen LogP contribution in [0.1, 0.15) is 0 Å². The second-order valence-electron chi connectivity index (χ2n) is 3.71. The molecule has 81 valence electrons. The maximum Gasteiger partial charge on any atom is 0.0900 e. The van der Waals surface area contributed by atoms with E-state index in [2.05, 4.69) is 46.9 Å². The molecule has 0 N–H and O–H groups in total. The van der Waals surface area contributed by atoms with E-state index >= 15 is 0 Å². The summed E-state index contributed by atoms with van der Waals surface area (Å²) in [5.74, 6) is 0. The topological polar surface area (TPSA) is 12.9 Å². The first kappa shape index (κ1) is 10.2.